The van der Waals surface area contributed by atoms with E-state index in [1.807, 2.05) is 19.1 Å². The van der Waals surface area contributed by atoms with Gasteiger partial charge in [0.05, 0.1) is 0 Å². The molecule has 2 aromatic carbocycles. The predicted molar refractivity (Wildman–Crippen MR) is 77.3 cm³/mol. The van der Waals surface area contributed by atoms with Crippen molar-refractivity contribution in [3.8, 4) is 0 Å². The van der Waals surface area contributed by atoms with Crippen LogP contribution in [0.25, 0.3) is 0 Å². The van der Waals surface area contributed by atoms with Crippen molar-refractivity contribution < 1.29 is 0 Å². The van der Waals surface area contributed by atoms with Gasteiger partial charge in [-0.15, -0.1) is 0 Å². The first-order chi connectivity index (χ1) is 8.16. The van der Waals surface area contributed by atoms with E-state index in [-0.39, 0.29) is 6.04 Å². The highest BCUT2D eigenvalue weighted by atomic mass is 79.9. The third-order valence-corrected chi connectivity index (χ3v) is 4.51. The first-order valence-corrected chi connectivity index (χ1v) is 7.05. The minimum Gasteiger partial charge on any atom is -0.324 e. The zero-order chi connectivity index (χ0) is 12.3. The van der Waals surface area contributed by atoms with E-state index in [9.17, 15) is 0 Å². The Hall–Kier alpha value is -0.770. The molecule has 0 amide bonds. The Morgan fingerprint density at radius 1 is 1.06 bits per heavy atom. The molecular weight excluding hydrogens is 294 g/mol. The molecule has 88 valence electrons. The Bertz CT molecular complexity index is 494. The predicted octanol–water partition coefficient (Wildman–Crippen LogP) is 4.62. The third-order valence-electron chi connectivity index (χ3n) is 2.47. The van der Waals surface area contributed by atoms with Crippen LogP contribution in [0.1, 0.15) is 18.5 Å². The van der Waals surface area contributed by atoms with Crippen LogP contribution in [-0.2, 0) is 0 Å². The number of halogens is 1. The fourth-order valence-electron chi connectivity index (χ4n) is 1.49. The summed E-state index contributed by atoms with van der Waals surface area (Å²) in [5.74, 6) is 0. The lowest BCUT2D eigenvalue weighted by molar-refractivity contribution is 0.817. The van der Waals surface area contributed by atoms with E-state index in [4.69, 9.17) is 5.73 Å². The molecule has 0 radical (unpaired) electrons. The summed E-state index contributed by atoms with van der Waals surface area (Å²) < 4.78 is 1.13. The van der Waals surface area contributed by atoms with Gasteiger partial charge < -0.3 is 5.73 Å². The minimum absolute atomic E-state index is 0.0949. The van der Waals surface area contributed by atoms with Crippen LogP contribution in [0.3, 0.4) is 0 Å². The molecule has 2 aromatic rings. The molecule has 0 aliphatic heterocycles. The van der Waals surface area contributed by atoms with Crippen molar-refractivity contribution in [3.05, 3.63) is 58.6 Å². The molecule has 17 heavy (non-hydrogen) atoms. The van der Waals surface area contributed by atoms with Gasteiger partial charge >= 0.3 is 0 Å². The summed E-state index contributed by atoms with van der Waals surface area (Å²) in [6.07, 6.45) is 0. The summed E-state index contributed by atoms with van der Waals surface area (Å²) in [6, 6.07) is 16.7. The molecule has 0 unspecified atom stereocenters. The van der Waals surface area contributed by atoms with Crippen molar-refractivity contribution in [1.29, 1.82) is 0 Å². The summed E-state index contributed by atoms with van der Waals surface area (Å²) in [5.41, 5.74) is 6.99. The smallest absolute Gasteiger partial charge is 0.0314 e. The highest BCUT2D eigenvalue weighted by molar-refractivity contribution is 9.10. The maximum Gasteiger partial charge on any atom is 0.0314 e. The molecule has 2 rings (SSSR count). The Kier molecular flexibility index (Phi) is 4.26. The molecule has 0 fully saturated rings. The fraction of sp³-hybridized carbons (Fsp3) is 0.143. The summed E-state index contributed by atoms with van der Waals surface area (Å²) in [5, 5.41) is 0. The van der Waals surface area contributed by atoms with Gasteiger partial charge in [0.1, 0.15) is 0 Å². The van der Waals surface area contributed by atoms with Gasteiger partial charge in [0.15, 0.2) is 0 Å². The van der Waals surface area contributed by atoms with Crippen molar-refractivity contribution in [2.45, 2.75) is 22.8 Å². The van der Waals surface area contributed by atoms with Crippen LogP contribution in [0.2, 0.25) is 0 Å². The zero-order valence-corrected chi connectivity index (χ0v) is 12.0. The highest BCUT2D eigenvalue weighted by Gasteiger charge is 2.03. The Morgan fingerprint density at radius 3 is 2.29 bits per heavy atom. The maximum atomic E-state index is 5.83. The highest BCUT2D eigenvalue weighted by Crippen LogP contribution is 2.33. The van der Waals surface area contributed by atoms with Crippen LogP contribution in [0.5, 0.6) is 0 Å². The molecule has 0 saturated carbocycles. The van der Waals surface area contributed by atoms with Crippen LogP contribution in [0.15, 0.2) is 62.8 Å². The second-order valence-corrected chi connectivity index (χ2v) is 5.86. The van der Waals surface area contributed by atoms with Crippen LogP contribution in [0, 0.1) is 0 Å². The molecule has 0 saturated heterocycles. The molecule has 0 aliphatic rings. The summed E-state index contributed by atoms with van der Waals surface area (Å²) in [7, 11) is 0. The van der Waals surface area contributed by atoms with E-state index in [2.05, 4.69) is 52.3 Å². The monoisotopic (exact) mass is 307 g/mol. The summed E-state index contributed by atoms with van der Waals surface area (Å²) in [4.78, 5) is 2.45. The lowest BCUT2D eigenvalue weighted by Crippen LogP contribution is -2.04. The molecule has 0 spiro atoms. The molecule has 0 aromatic heterocycles. The average molecular weight is 308 g/mol. The summed E-state index contributed by atoms with van der Waals surface area (Å²) in [6.45, 7) is 2.00. The van der Waals surface area contributed by atoms with Gasteiger partial charge in [-0.3, -0.25) is 0 Å². The summed E-state index contributed by atoms with van der Waals surface area (Å²) >= 11 is 5.30. The minimum atomic E-state index is 0.0949. The number of rotatable bonds is 3. The van der Waals surface area contributed by atoms with Crippen LogP contribution >= 0.6 is 27.7 Å². The van der Waals surface area contributed by atoms with Crippen molar-refractivity contribution in [1.82, 2.24) is 0 Å². The molecule has 2 N–H and O–H groups in total. The third kappa shape index (κ3) is 3.35. The molecule has 1 nitrogen and oxygen atoms in total. The van der Waals surface area contributed by atoms with E-state index < -0.39 is 0 Å². The van der Waals surface area contributed by atoms with E-state index in [0.717, 1.165) is 4.47 Å². The molecule has 0 heterocycles. The van der Waals surface area contributed by atoms with Crippen molar-refractivity contribution in [2.75, 3.05) is 0 Å². The largest absolute Gasteiger partial charge is 0.324 e. The Morgan fingerprint density at radius 2 is 1.71 bits per heavy atom. The first-order valence-electron chi connectivity index (χ1n) is 5.45. The average Bonchev–Trinajstić information content (AvgIpc) is 2.33. The van der Waals surface area contributed by atoms with E-state index in [1.165, 1.54) is 15.4 Å². The van der Waals surface area contributed by atoms with E-state index in [1.54, 1.807) is 11.8 Å². The molecular formula is C14H14BrNS. The molecule has 0 aliphatic carbocycles. The van der Waals surface area contributed by atoms with Crippen LogP contribution < -0.4 is 5.73 Å². The topological polar surface area (TPSA) is 26.0 Å². The fourth-order valence-corrected chi connectivity index (χ4v) is 2.86. The molecule has 3 heteroatoms. The molecule has 1 atom stereocenters. The van der Waals surface area contributed by atoms with Gasteiger partial charge in [-0.1, -0.05) is 36.0 Å². The maximum absolute atomic E-state index is 5.83. The van der Waals surface area contributed by atoms with Crippen molar-refractivity contribution >= 4 is 27.7 Å². The second kappa shape index (κ2) is 5.71. The van der Waals surface area contributed by atoms with Crippen molar-refractivity contribution in [3.63, 3.8) is 0 Å². The Labute approximate surface area is 115 Å². The lowest BCUT2D eigenvalue weighted by atomic mass is 10.1. The van der Waals surface area contributed by atoms with Gasteiger partial charge in [-0.05, 0) is 52.7 Å². The second-order valence-electron chi connectivity index (χ2n) is 3.89. The number of hydrogen-bond donors (Lipinski definition) is 1. The quantitative estimate of drug-likeness (QED) is 0.895. The van der Waals surface area contributed by atoms with Crippen LogP contribution in [0.4, 0.5) is 0 Å². The van der Waals surface area contributed by atoms with Crippen LogP contribution in [-0.4, -0.2) is 0 Å². The SMILES string of the molecule is C[C@H](N)c1ccc(Sc2ccccc2Br)cc1. The zero-order valence-electron chi connectivity index (χ0n) is 9.56. The molecule has 0 bridgehead atoms. The number of nitrogens with two attached hydrogens (primary N) is 1. The number of hydrogen-bond acceptors (Lipinski definition) is 2. The number of benzene rings is 2. The lowest BCUT2D eigenvalue weighted by Gasteiger charge is -2.07. The Balaban J connectivity index is 2.17. The normalized spacial score (nSPS) is 12.4. The van der Waals surface area contributed by atoms with Gasteiger partial charge in [-0.25, -0.2) is 0 Å². The van der Waals surface area contributed by atoms with E-state index in [0.29, 0.717) is 0 Å². The van der Waals surface area contributed by atoms with Gasteiger partial charge in [0, 0.05) is 20.3 Å². The van der Waals surface area contributed by atoms with Gasteiger partial charge in [0.2, 0.25) is 0 Å². The van der Waals surface area contributed by atoms with Gasteiger partial charge in [0.25, 0.3) is 0 Å². The van der Waals surface area contributed by atoms with Crippen molar-refractivity contribution in [2.24, 2.45) is 5.73 Å². The first kappa shape index (κ1) is 12.7. The standard InChI is InChI=1S/C14H14BrNS/c1-10(16)11-6-8-12(9-7-11)17-14-5-3-2-4-13(14)15/h2-10H,16H2,1H3/t10-/m0/s1. The van der Waals surface area contributed by atoms with Gasteiger partial charge in [-0.2, -0.15) is 0 Å². The van der Waals surface area contributed by atoms with E-state index >= 15 is 0 Å².